The second-order valence-corrected chi connectivity index (χ2v) is 15.7. The van der Waals surface area contributed by atoms with Crippen molar-refractivity contribution in [2.24, 2.45) is 46.3 Å². The minimum absolute atomic E-state index is 0.0186. The number of aliphatic hydroxyl groups is 2. The number of nitrogens with zero attached hydrogens (tertiary/aromatic N) is 1. The fraction of sp³-hybridized carbons (Fsp3) is 0.966. The second-order valence-electron chi connectivity index (χ2n) is 14.0. The molecule has 1 heterocycles. The molecule has 1 amide bonds. The van der Waals surface area contributed by atoms with Crippen molar-refractivity contribution in [1.29, 1.82) is 0 Å². The predicted molar refractivity (Wildman–Crippen MR) is 142 cm³/mol. The molecule has 0 spiro atoms. The van der Waals surface area contributed by atoms with E-state index in [0.29, 0.717) is 61.3 Å². The number of fused-ring (bicyclic) bond motifs is 5. The standard InChI is InChI=1S/C29H49NO6S/c1-18(6-11-27(33)30-14-4-5-21(17-30)37(34,35)36)23-9-10-24-22-8-7-19-15-20(31)12-13-28(19,2)25(22)16-26(32)29(23,24)3/h18-26,31-32H,4-17H2,1-3H3,(H,34,35,36)/t18-,19-,20-,21-,22+,23-,24+,25+,26+,28+,29-/m1/s1. The Bertz CT molecular complexity index is 971. The molecule has 5 rings (SSSR count). The van der Waals surface area contributed by atoms with E-state index in [1.54, 1.807) is 4.90 Å². The van der Waals surface area contributed by atoms with Gasteiger partial charge in [-0.2, -0.15) is 8.42 Å². The zero-order valence-electron chi connectivity index (χ0n) is 23.0. The summed E-state index contributed by atoms with van der Waals surface area (Å²) in [6, 6.07) is 0. The highest BCUT2D eigenvalue weighted by Crippen LogP contribution is 2.68. The van der Waals surface area contributed by atoms with Crippen LogP contribution in [0.25, 0.3) is 0 Å². The molecule has 4 aliphatic carbocycles. The lowest BCUT2D eigenvalue weighted by atomic mass is 9.43. The maximum atomic E-state index is 13.0. The molecule has 5 aliphatic rings. The van der Waals surface area contributed by atoms with Crippen LogP contribution in [0.5, 0.6) is 0 Å². The third kappa shape index (κ3) is 4.80. The minimum Gasteiger partial charge on any atom is -0.393 e. The number of carbonyl (C=O) groups excluding carboxylic acids is 1. The molecule has 3 N–H and O–H groups in total. The number of amides is 1. The zero-order valence-corrected chi connectivity index (χ0v) is 23.8. The topological polar surface area (TPSA) is 115 Å². The zero-order chi connectivity index (χ0) is 26.8. The van der Waals surface area contributed by atoms with Gasteiger partial charge in [-0.05, 0) is 117 Å². The van der Waals surface area contributed by atoms with Gasteiger partial charge in [0.15, 0.2) is 0 Å². The van der Waals surface area contributed by atoms with Gasteiger partial charge in [-0.15, -0.1) is 0 Å². The summed E-state index contributed by atoms with van der Waals surface area (Å²) in [5, 5.41) is 21.2. The Kier molecular flexibility index (Phi) is 7.56. The summed E-state index contributed by atoms with van der Waals surface area (Å²) < 4.78 is 32.6. The third-order valence-corrected chi connectivity index (χ3v) is 13.7. The first-order valence-corrected chi connectivity index (χ1v) is 16.5. The van der Waals surface area contributed by atoms with Gasteiger partial charge in [0.1, 0.15) is 5.25 Å². The molecule has 7 nitrogen and oxygen atoms in total. The van der Waals surface area contributed by atoms with Crippen LogP contribution in [0.3, 0.4) is 0 Å². The van der Waals surface area contributed by atoms with Gasteiger partial charge in [0.25, 0.3) is 10.1 Å². The van der Waals surface area contributed by atoms with Crippen molar-refractivity contribution in [2.45, 2.75) is 115 Å². The number of piperidine rings is 1. The Balaban J connectivity index is 1.24. The Morgan fingerprint density at radius 2 is 1.78 bits per heavy atom. The average molecular weight is 540 g/mol. The molecule has 5 fully saturated rings. The Morgan fingerprint density at radius 1 is 1.03 bits per heavy atom. The van der Waals surface area contributed by atoms with E-state index in [-0.39, 0.29) is 35.5 Å². The second kappa shape index (κ2) is 10.0. The Morgan fingerprint density at radius 3 is 2.51 bits per heavy atom. The lowest BCUT2D eigenvalue weighted by Crippen LogP contribution is -2.58. The first-order valence-electron chi connectivity index (χ1n) is 15.0. The maximum Gasteiger partial charge on any atom is 0.269 e. The van der Waals surface area contributed by atoms with E-state index in [9.17, 15) is 28.0 Å². The van der Waals surface area contributed by atoms with E-state index in [1.165, 1.54) is 12.8 Å². The van der Waals surface area contributed by atoms with Crippen LogP contribution >= 0.6 is 0 Å². The summed E-state index contributed by atoms with van der Waals surface area (Å²) in [4.78, 5) is 14.6. The molecule has 1 aliphatic heterocycles. The molecule has 0 bridgehead atoms. The molecule has 1 saturated heterocycles. The van der Waals surface area contributed by atoms with Gasteiger partial charge in [0, 0.05) is 19.5 Å². The van der Waals surface area contributed by atoms with Crippen molar-refractivity contribution in [3.63, 3.8) is 0 Å². The number of hydrogen-bond acceptors (Lipinski definition) is 5. The number of aliphatic hydroxyl groups excluding tert-OH is 2. The summed E-state index contributed by atoms with van der Waals surface area (Å²) in [5.41, 5.74) is 0.108. The van der Waals surface area contributed by atoms with Crippen LogP contribution in [0.2, 0.25) is 0 Å². The fourth-order valence-corrected chi connectivity index (χ4v) is 11.1. The van der Waals surface area contributed by atoms with E-state index >= 15 is 0 Å². The lowest BCUT2D eigenvalue weighted by molar-refractivity contribution is -0.175. The van der Waals surface area contributed by atoms with Crippen LogP contribution < -0.4 is 0 Å². The van der Waals surface area contributed by atoms with Crippen molar-refractivity contribution < 1.29 is 28.0 Å². The van der Waals surface area contributed by atoms with Gasteiger partial charge >= 0.3 is 0 Å². The van der Waals surface area contributed by atoms with Gasteiger partial charge in [-0.1, -0.05) is 20.8 Å². The molecule has 11 atom stereocenters. The molecule has 0 aromatic carbocycles. The van der Waals surface area contributed by atoms with Gasteiger partial charge in [0.2, 0.25) is 5.91 Å². The minimum atomic E-state index is -4.12. The highest BCUT2D eigenvalue weighted by atomic mass is 32.2. The molecule has 0 aromatic heterocycles. The van der Waals surface area contributed by atoms with Gasteiger partial charge in [-0.25, -0.2) is 0 Å². The predicted octanol–water partition coefficient (Wildman–Crippen LogP) is 4.27. The smallest absolute Gasteiger partial charge is 0.269 e. The van der Waals surface area contributed by atoms with Crippen LogP contribution in [0.15, 0.2) is 0 Å². The molecule has 0 unspecified atom stereocenters. The molecule has 212 valence electrons. The van der Waals surface area contributed by atoms with Crippen LogP contribution in [-0.2, 0) is 14.9 Å². The first kappa shape index (κ1) is 27.9. The normalized spacial score (nSPS) is 47.0. The van der Waals surface area contributed by atoms with Crippen LogP contribution in [0, 0.1) is 46.3 Å². The quantitative estimate of drug-likeness (QED) is 0.450. The Hall–Kier alpha value is -0.700. The van der Waals surface area contributed by atoms with Crippen molar-refractivity contribution >= 4 is 16.0 Å². The SMILES string of the molecule is C[C@H](CCC(=O)N1CCC[C@@H](S(=O)(=O)O)C1)[C@H]1CC[C@H]2[C@@H]3CC[C@@H]4C[C@H](O)CC[C@]4(C)[C@H]3C[C@H](O)[C@]12C. The average Bonchev–Trinajstić information content (AvgIpc) is 3.22. The van der Waals surface area contributed by atoms with Crippen LogP contribution in [-0.4, -0.2) is 64.5 Å². The summed E-state index contributed by atoms with van der Waals surface area (Å²) in [7, 11) is -4.12. The maximum absolute atomic E-state index is 13.0. The molecule has 37 heavy (non-hydrogen) atoms. The van der Waals surface area contributed by atoms with E-state index in [2.05, 4.69) is 20.8 Å². The third-order valence-electron chi connectivity index (χ3n) is 12.5. The molecular formula is C29H49NO6S. The summed E-state index contributed by atoms with van der Waals surface area (Å²) in [6.45, 7) is 7.66. The molecule has 0 radical (unpaired) electrons. The van der Waals surface area contributed by atoms with E-state index in [0.717, 1.165) is 44.9 Å². The molecule has 8 heteroatoms. The summed E-state index contributed by atoms with van der Waals surface area (Å²) in [6.07, 6.45) is 10.1. The molecular weight excluding hydrogens is 490 g/mol. The number of hydrogen-bond donors (Lipinski definition) is 3. The van der Waals surface area contributed by atoms with Crippen molar-refractivity contribution in [1.82, 2.24) is 4.90 Å². The van der Waals surface area contributed by atoms with Crippen LogP contribution in [0.4, 0.5) is 0 Å². The fourth-order valence-electron chi connectivity index (χ4n) is 10.3. The number of likely N-dealkylation sites (tertiary alicyclic amines) is 1. The molecule has 4 saturated carbocycles. The Labute approximate surface area is 223 Å². The highest BCUT2D eigenvalue weighted by molar-refractivity contribution is 7.86. The van der Waals surface area contributed by atoms with Crippen molar-refractivity contribution in [3.8, 4) is 0 Å². The first-order chi connectivity index (χ1) is 17.4. The van der Waals surface area contributed by atoms with E-state index in [4.69, 9.17) is 0 Å². The number of carbonyl (C=O) groups is 1. The van der Waals surface area contributed by atoms with Gasteiger partial charge < -0.3 is 15.1 Å². The van der Waals surface area contributed by atoms with Gasteiger partial charge in [0.05, 0.1) is 12.2 Å². The number of rotatable bonds is 5. The van der Waals surface area contributed by atoms with Crippen molar-refractivity contribution in [2.75, 3.05) is 13.1 Å². The molecule has 0 aromatic rings. The van der Waals surface area contributed by atoms with E-state index in [1.807, 2.05) is 0 Å². The monoisotopic (exact) mass is 539 g/mol. The van der Waals surface area contributed by atoms with E-state index < -0.39 is 15.4 Å². The van der Waals surface area contributed by atoms with Crippen molar-refractivity contribution in [3.05, 3.63) is 0 Å². The largest absolute Gasteiger partial charge is 0.393 e. The summed E-state index contributed by atoms with van der Waals surface area (Å²) in [5.74, 6) is 2.95. The van der Waals surface area contributed by atoms with Crippen LogP contribution in [0.1, 0.15) is 97.8 Å². The lowest BCUT2D eigenvalue weighted by Gasteiger charge is -2.62. The highest BCUT2D eigenvalue weighted by Gasteiger charge is 2.63. The summed E-state index contributed by atoms with van der Waals surface area (Å²) >= 11 is 0. The van der Waals surface area contributed by atoms with Gasteiger partial charge in [-0.3, -0.25) is 9.35 Å².